The highest BCUT2D eigenvalue weighted by molar-refractivity contribution is 6.09. The quantitative estimate of drug-likeness (QED) is 0.775. The molecule has 2 amide bonds. The number of fused-ring (bicyclic) bond motifs is 2. The second kappa shape index (κ2) is 3.92. The van der Waals surface area contributed by atoms with Gasteiger partial charge in [-0.2, -0.15) is 0 Å². The van der Waals surface area contributed by atoms with Crippen molar-refractivity contribution >= 4 is 11.8 Å². The van der Waals surface area contributed by atoms with E-state index in [2.05, 4.69) is 0 Å². The Balaban J connectivity index is 2.14. The van der Waals surface area contributed by atoms with E-state index >= 15 is 0 Å². The minimum absolute atomic E-state index is 0.159. The Hall–Kier alpha value is -1.68. The van der Waals surface area contributed by atoms with Crippen LogP contribution < -0.4 is 0 Å². The molecule has 2 bridgehead atoms. The van der Waals surface area contributed by atoms with Crippen molar-refractivity contribution in [2.24, 2.45) is 5.92 Å². The molecule has 106 valence electrons. The van der Waals surface area contributed by atoms with Crippen LogP contribution in [0.3, 0.4) is 0 Å². The van der Waals surface area contributed by atoms with E-state index in [1.807, 2.05) is 51.1 Å². The lowest BCUT2D eigenvalue weighted by atomic mass is 9.62. The lowest BCUT2D eigenvalue weighted by molar-refractivity contribution is -0.316. The zero-order valence-corrected chi connectivity index (χ0v) is 12.2. The first kappa shape index (κ1) is 13.3. The van der Waals surface area contributed by atoms with Crippen LogP contribution in [0.15, 0.2) is 30.3 Å². The molecule has 0 N–H and O–H groups in total. The summed E-state index contributed by atoms with van der Waals surface area (Å²) in [6.45, 7) is 7.41. The Kier molecular flexibility index (Phi) is 2.61. The molecule has 0 radical (unpaired) electrons. The molecule has 3 heterocycles. The molecule has 3 atom stereocenters. The van der Waals surface area contributed by atoms with Crippen LogP contribution in [-0.4, -0.2) is 28.4 Å². The number of carbonyl (C=O) groups excluding carboxylic acids is 2. The maximum absolute atomic E-state index is 12.9. The van der Waals surface area contributed by atoms with E-state index in [1.165, 1.54) is 4.90 Å². The Morgan fingerprint density at radius 3 is 2.25 bits per heavy atom. The van der Waals surface area contributed by atoms with E-state index in [0.717, 1.165) is 5.56 Å². The van der Waals surface area contributed by atoms with Gasteiger partial charge in [0.05, 0.1) is 0 Å². The molecule has 3 fully saturated rings. The summed E-state index contributed by atoms with van der Waals surface area (Å²) < 4.78 is 5.91. The molecule has 0 unspecified atom stereocenters. The average Bonchev–Trinajstić information content (AvgIpc) is 2.43. The van der Waals surface area contributed by atoms with Crippen LogP contribution >= 0.6 is 0 Å². The van der Waals surface area contributed by atoms with Crippen molar-refractivity contribution in [3.05, 3.63) is 35.9 Å². The third-order valence-electron chi connectivity index (χ3n) is 4.71. The van der Waals surface area contributed by atoms with E-state index in [9.17, 15) is 9.59 Å². The molecule has 4 nitrogen and oxygen atoms in total. The van der Waals surface area contributed by atoms with Gasteiger partial charge in [-0.1, -0.05) is 37.3 Å². The number of carbonyl (C=O) groups is 2. The smallest absolute Gasteiger partial charge is 0.266 e. The molecule has 0 saturated carbocycles. The lowest BCUT2D eigenvalue weighted by Crippen LogP contribution is -2.81. The van der Waals surface area contributed by atoms with Gasteiger partial charge in [-0.15, -0.1) is 0 Å². The molecule has 4 heteroatoms. The van der Waals surface area contributed by atoms with Crippen LogP contribution in [0.2, 0.25) is 0 Å². The van der Waals surface area contributed by atoms with Gasteiger partial charge in [-0.05, 0) is 26.3 Å². The number of hydrogen-bond donors (Lipinski definition) is 0. The fraction of sp³-hybridized carbons (Fsp3) is 0.500. The highest BCUT2D eigenvalue weighted by Gasteiger charge is 2.75. The zero-order chi connectivity index (χ0) is 14.7. The largest absolute Gasteiger partial charge is 0.343 e. The van der Waals surface area contributed by atoms with E-state index in [0.29, 0.717) is 0 Å². The first-order valence-corrected chi connectivity index (χ1v) is 6.99. The second-order valence-corrected chi connectivity index (χ2v) is 6.11. The van der Waals surface area contributed by atoms with Gasteiger partial charge in [0, 0.05) is 12.0 Å². The van der Waals surface area contributed by atoms with Crippen LogP contribution in [0.4, 0.5) is 0 Å². The van der Waals surface area contributed by atoms with Crippen molar-refractivity contribution in [3.63, 3.8) is 0 Å². The molecule has 0 spiro atoms. The van der Waals surface area contributed by atoms with Gasteiger partial charge in [0.1, 0.15) is 0 Å². The van der Waals surface area contributed by atoms with Crippen molar-refractivity contribution in [2.75, 3.05) is 0 Å². The lowest BCUT2D eigenvalue weighted by Gasteiger charge is -2.64. The third kappa shape index (κ3) is 1.30. The van der Waals surface area contributed by atoms with Crippen molar-refractivity contribution in [2.45, 2.75) is 44.9 Å². The summed E-state index contributed by atoms with van der Waals surface area (Å²) in [4.78, 5) is 26.7. The maximum atomic E-state index is 12.9. The van der Waals surface area contributed by atoms with Crippen LogP contribution in [0, 0.1) is 5.92 Å². The standard InChI is InChI=1S/C16H19NO3/c1-10(2)17-13(18)15(4)11(3)16(20-15,14(17)19)12-8-6-5-7-9-12/h5-11H,1-4H3/t11-,15+,16+/m0/s1. The Morgan fingerprint density at radius 2 is 1.75 bits per heavy atom. The summed E-state index contributed by atoms with van der Waals surface area (Å²) in [6.07, 6.45) is 0. The predicted molar refractivity (Wildman–Crippen MR) is 73.8 cm³/mol. The number of rotatable bonds is 2. The van der Waals surface area contributed by atoms with Crippen LogP contribution in [0.5, 0.6) is 0 Å². The molecule has 20 heavy (non-hydrogen) atoms. The van der Waals surface area contributed by atoms with Gasteiger partial charge in [0.2, 0.25) is 0 Å². The number of hydrogen-bond acceptors (Lipinski definition) is 3. The molecule has 0 aromatic heterocycles. The fourth-order valence-electron chi connectivity index (χ4n) is 3.40. The van der Waals surface area contributed by atoms with Gasteiger partial charge >= 0.3 is 0 Å². The van der Waals surface area contributed by atoms with Gasteiger partial charge in [-0.25, -0.2) is 0 Å². The fourth-order valence-corrected chi connectivity index (χ4v) is 3.40. The van der Waals surface area contributed by atoms with E-state index in [1.54, 1.807) is 6.92 Å². The number of morpholine rings is 1. The highest BCUT2D eigenvalue weighted by atomic mass is 16.6. The zero-order valence-electron chi connectivity index (χ0n) is 12.2. The normalized spacial score (nSPS) is 36.2. The van der Waals surface area contributed by atoms with Crippen LogP contribution in [0.1, 0.15) is 33.3 Å². The molecule has 4 rings (SSSR count). The molecular formula is C16H19NO3. The summed E-state index contributed by atoms with van der Waals surface area (Å²) in [7, 11) is 0. The SMILES string of the molecule is CC(C)N1C(=O)[C@]2(C)O[C@](c3ccccc3)(C1=O)[C@H]2C. The van der Waals surface area contributed by atoms with Gasteiger partial charge in [-0.3, -0.25) is 14.5 Å². The second-order valence-electron chi connectivity index (χ2n) is 6.11. The Bertz CT molecular complexity index is 583. The summed E-state index contributed by atoms with van der Waals surface area (Å²) in [6, 6.07) is 9.30. The first-order chi connectivity index (χ1) is 9.35. The van der Waals surface area contributed by atoms with Crippen LogP contribution in [-0.2, 0) is 19.9 Å². The average molecular weight is 273 g/mol. The number of benzene rings is 1. The number of amides is 2. The highest BCUT2D eigenvalue weighted by Crippen LogP contribution is 2.58. The number of piperidine rings is 1. The van der Waals surface area contributed by atoms with E-state index < -0.39 is 11.2 Å². The predicted octanol–water partition coefficient (Wildman–Crippen LogP) is 2.08. The monoisotopic (exact) mass is 273 g/mol. The number of imide groups is 1. The molecule has 1 aromatic rings. The van der Waals surface area contributed by atoms with E-state index in [4.69, 9.17) is 4.74 Å². The van der Waals surface area contributed by atoms with Crippen molar-refractivity contribution in [1.29, 1.82) is 0 Å². The number of ether oxygens (including phenoxy) is 1. The van der Waals surface area contributed by atoms with Crippen LogP contribution in [0.25, 0.3) is 0 Å². The Morgan fingerprint density at radius 1 is 1.15 bits per heavy atom. The van der Waals surface area contributed by atoms with Crippen molar-refractivity contribution in [1.82, 2.24) is 4.90 Å². The summed E-state index contributed by atoms with van der Waals surface area (Å²) in [5.41, 5.74) is -1.07. The van der Waals surface area contributed by atoms with Crippen molar-refractivity contribution in [3.8, 4) is 0 Å². The molecular weight excluding hydrogens is 254 g/mol. The third-order valence-corrected chi connectivity index (χ3v) is 4.71. The van der Waals surface area contributed by atoms with Crippen molar-refractivity contribution < 1.29 is 14.3 Å². The van der Waals surface area contributed by atoms with Gasteiger partial charge in [0.15, 0.2) is 11.2 Å². The molecule has 3 aliphatic heterocycles. The molecule has 3 aliphatic rings. The summed E-state index contributed by atoms with van der Waals surface area (Å²) in [5.74, 6) is -0.616. The Labute approximate surface area is 118 Å². The van der Waals surface area contributed by atoms with E-state index in [-0.39, 0.29) is 23.8 Å². The summed E-state index contributed by atoms with van der Waals surface area (Å²) >= 11 is 0. The molecule has 3 saturated heterocycles. The minimum Gasteiger partial charge on any atom is -0.343 e. The minimum atomic E-state index is -1.01. The summed E-state index contributed by atoms with van der Waals surface area (Å²) in [5, 5.41) is 0. The maximum Gasteiger partial charge on any atom is 0.266 e. The van der Waals surface area contributed by atoms with Gasteiger partial charge in [0.25, 0.3) is 11.8 Å². The topological polar surface area (TPSA) is 46.6 Å². The molecule has 0 aliphatic carbocycles. The number of nitrogens with zero attached hydrogens (tertiary/aromatic N) is 1. The van der Waals surface area contributed by atoms with Gasteiger partial charge < -0.3 is 4.74 Å². The first-order valence-electron chi connectivity index (χ1n) is 6.99. The molecule has 1 aromatic carbocycles.